The number of benzene rings is 1. The number of rotatable bonds is 4. The van der Waals surface area contributed by atoms with Gasteiger partial charge in [-0.2, -0.15) is 0 Å². The molecule has 0 atom stereocenters. The molecule has 35 heavy (non-hydrogen) atoms. The van der Waals surface area contributed by atoms with E-state index in [0.717, 1.165) is 33.6 Å². The Morgan fingerprint density at radius 3 is 1.69 bits per heavy atom. The number of fused-ring (bicyclic) bond motifs is 3. The first kappa shape index (κ1) is 19.3. The van der Waals surface area contributed by atoms with E-state index in [1.165, 1.54) is 0 Å². The molecule has 0 aliphatic rings. The smallest absolute Gasteiger partial charge is 0.178 e. The van der Waals surface area contributed by atoms with Gasteiger partial charge in [0.1, 0.15) is 18.5 Å². The number of nitrogens with zero attached hydrogens (tertiary/aromatic N) is 9. The van der Waals surface area contributed by atoms with Crippen LogP contribution in [0.1, 0.15) is 5.82 Å². The van der Waals surface area contributed by atoms with E-state index in [1.54, 1.807) is 37.3 Å². The summed E-state index contributed by atoms with van der Waals surface area (Å²) in [5, 5.41) is 0. The van der Waals surface area contributed by atoms with Crippen LogP contribution < -0.4 is 0 Å². The second-order valence-electron chi connectivity index (χ2n) is 7.98. The fourth-order valence-corrected chi connectivity index (χ4v) is 4.44. The first-order valence-electron chi connectivity index (χ1n) is 11.0. The Hall–Kier alpha value is -5.18. The van der Waals surface area contributed by atoms with Crippen molar-refractivity contribution in [2.45, 2.75) is 0 Å². The highest BCUT2D eigenvalue weighted by Crippen LogP contribution is 2.28. The van der Waals surface area contributed by atoms with Gasteiger partial charge in [0.15, 0.2) is 16.9 Å². The third-order valence-corrected chi connectivity index (χ3v) is 5.98. The van der Waals surface area contributed by atoms with Crippen molar-refractivity contribution < 1.29 is 0 Å². The van der Waals surface area contributed by atoms with Gasteiger partial charge in [-0.05, 0) is 60.7 Å². The molecular weight excluding hydrogens is 438 g/mol. The average Bonchev–Trinajstić information content (AvgIpc) is 3.63. The van der Waals surface area contributed by atoms with Gasteiger partial charge >= 0.3 is 0 Å². The minimum absolute atomic E-state index is 0.656. The van der Waals surface area contributed by atoms with Crippen LogP contribution in [0.4, 0.5) is 0 Å². The molecule has 7 rings (SSSR count). The topological polar surface area (TPSA) is 92.1 Å². The van der Waals surface area contributed by atoms with E-state index >= 15 is 0 Å². The van der Waals surface area contributed by atoms with E-state index in [0.29, 0.717) is 22.8 Å². The summed E-state index contributed by atoms with van der Waals surface area (Å²) in [5.74, 6) is 0.705. The molecule has 0 radical (unpaired) electrons. The van der Waals surface area contributed by atoms with Crippen LogP contribution in [-0.4, -0.2) is 43.6 Å². The van der Waals surface area contributed by atoms with Crippen LogP contribution in [0.3, 0.4) is 0 Å². The van der Waals surface area contributed by atoms with Crippen LogP contribution in [0.25, 0.3) is 56.6 Å². The van der Waals surface area contributed by atoms with E-state index in [2.05, 4.69) is 59.2 Å². The molecule has 0 fully saturated rings. The van der Waals surface area contributed by atoms with Crippen molar-refractivity contribution in [1.82, 2.24) is 43.6 Å². The zero-order chi connectivity index (χ0) is 23.4. The molecule has 0 amide bonds. The molecule has 6 heterocycles. The molecule has 166 valence electrons. The lowest BCUT2D eigenvalue weighted by Gasteiger charge is -2.14. The Bertz CT molecular complexity index is 1800. The van der Waals surface area contributed by atoms with E-state index < -0.39 is 0 Å². The summed E-state index contributed by atoms with van der Waals surface area (Å²) in [4.78, 5) is 26.9. The van der Waals surface area contributed by atoms with Gasteiger partial charge in [0, 0.05) is 18.6 Å². The monoisotopic (exact) mass is 455 g/mol. The van der Waals surface area contributed by atoms with Crippen LogP contribution in [0.5, 0.6) is 0 Å². The van der Waals surface area contributed by atoms with E-state index in [4.69, 9.17) is 0 Å². The second-order valence-corrected chi connectivity index (χ2v) is 7.98. The lowest BCUT2D eigenvalue weighted by molar-refractivity contribution is 1.02. The van der Waals surface area contributed by atoms with E-state index in [-0.39, 0.29) is 0 Å². The van der Waals surface area contributed by atoms with Crippen molar-refractivity contribution in [3.8, 4) is 17.1 Å². The van der Waals surface area contributed by atoms with Gasteiger partial charge in [-0.25, -0.2) is 29.9 Å². The summed E-state index contributed by atoms with van der Waals surface area (Å²) in [7, 11) is 0. The van der Waals surface area contributed by atoms with Crippen molar-refractivity contribution in [2.75, 3.05) is 0 Å². The fourth-order valence-electron chi connectivity index (χ4n) is 4.44. The molecule has 9 heteroatoms. The predicted octanol–water partition coefficient (Wildman–Crippen LogP) is 4.53. The van der Waals surface area contributed by atoms with Crippen molar-refractivity contribution >= 4 is 39.6 Å². The van der Waals surface area contributed by atoms with Gasteiger partial charge < -0.3 is 0 Å². The standard InChI is InChI=1S/C26H17N9/c1-2-23-32-26-22(8-5-11-29-26)35(23)19-13-17(33-15-30-24-20(33)6-3-9-27-24)12-18(14-19)34-16-31-25-21(34)7-4-10-28-25/h2-16H,1H2. The summed E-state index contributed by atoms with van der Waals surface area (Å²) in [6.45, 7) is 3.98. The van der Waals surface area contributed by atoms with Crippen LogP contribution in [-0.2, 0) is 0 Å². The maximum absolute atomic E-state index is 4.67. The summed E-state index contributed by atoms with van der Waals surface area (Å²) in [6, 6.07) is 18.0. The van der Waals surface area contributed by atoms with Crippen LogP contribution in [0.2, 0.25) is 0 Å². The van der Waals surface area contributed by atoms with E-state index in [9.17, 15) is 0 Å². The summed E-state index contributed by atoms with van der Waals surface area (Å²) in [5.41, 5.74) is 7.46. The zero-order valence-electron chi connectivity index (χ0n) is 18.4. The number of imidazole rings is 3. The van der Waals surface area contributed by atoms with Crippen molar-refractivity contribution in [2.24, 2.45) is 0 Å². The second kappa shape index (κ2) is 7.42. The molecule has 0 N–H and O–H groups in total. The van der Waals surface area contributed by atoms with Gasteiger partial charge in [-0.3, -0.25) is 13.7 Å². The molecule has 0 unspecified atom stereocenters. The van der Waals surface area contributed by atoms with Crippen LogP contribution in [0, 0.1) is 0 Å². The molecule has 0 bridgehead atoms. The van der Waals surface area contributed by atoms with Crippen molar-refractivity contribution in [3.63, 3.8) is 0 Å². The maximum atomic E-state index is 4.67. The van der Waals surface area contributed by atoms with Gasteiger partial charge in [-0.15, -0.1) is 0 Å². The van der Waals surface area contributed by atoms with Crippen molar-refractivity contribution in [3.05, 3.63) is 98.2 Å². The predicted molar refractivity (Wildman–Crippen MR) is 134 cm³/mol. The molecule has 6 aromatic heterocycles. The molecule has 0 saturated carbocycles. The zero-order valence-corrected chi connectivity index (χ0v) is 18.4. The third kappa shape index (κ3) is 2.95. The van der Waals surface area contributed by atoms with Crippen LogP contribution >= 0.6 is 0 Å². The first-order valence-corrected chi connectivity index (χ1v) is 11.0. The Balaban J connectivity index is 1.55. The number of pyridine rings is 3. The normalized spacial score (nSPS) is 11.5. The minimum Gasteiger partial charge on any atom is -0.297 e. The molecule has 0 spiro atoms. The van der Waals surface area contributed by atoms with Gasteiger partial charge in [0.05, 0.1) is 33.6 Å². The number of aromatic nitrogens is 9. The molecule has 7 aromatic rings. The highest BCUT2D eigenvalue weighted by atomic mass is 15.1. The lowest BCUT2D eigenvalue weighted by Crippen LogP contribution is -2.03. The van der Waals surface area contributed by atoms with Gasteiger partial charge in [-0.1, -0.05) is 6.58 Å². The third-order valence-electron chi connectivity index (χ3n) is 5.98. The Morgan fingerprint density at radius 2 is 1.11 bits per heavy atom. The molecule has 0 saturated heterocycles. The summed E-state index contributed by atoms with van der Waals surface area (Å²) < 4.78 is 6.10. The molecule has 1 aromatic carbocycles. The Morgan fingerprint density at radius 1 is 0.600 bits per heavy atom. The molecular formula is C26H17N9. The molecule has 0 aliphatic heterocycles. The van der Waals surface area contributed by atoms with Crippen LogP contribution in [0.15, 0.2) is 92.4 Å². The van der Waals surface area contributed by atoms with E-state index in [1.807, 2.05) is 45.5 Å². The maximum Gasteiger partial charge on any atom is 0.178 e. The SMILES string of the molecule is C=Cc1nc2ncccc2n1-c1cc(-n2cnc3ncccc32)cc(-n2cnc3ncccc32)c1. The Labute approximate surface area is 198 Å². The summed E-state index contributed by atoms with van der Waals surface area (Å²) in [6.07, 6.45) is 10.5. The number of hydrogen-bond acceptors (Lipinski definition) is 6. The van der Waals surface area contributed by atoms with Crippen molar-refractivity contribution in [1.29, 1.82) is 0 Å². The lowest BCUT2D eigenvalue weighted by atomic mass is 10.2. The highest BCUT2D eigenvalue weighted by molar-refractivity contribution is 5.79. The average molecular weight is 455 g/mol. The molecule has 0 aliphatic carbocycles. The Kier molecular flexibility index (Phi) is 4.09. The fraction of sp³-hybridized carbons (Fsp3) is 0. The van der Waals surface area contributed by atoms with Gasteiger partial charge in [0.2, 0.25) is 0 Å². The first-order chi connectivity index (χ1) is 17.3. The van der Waals surface area contributed by atoms with Gasteiger partial charge in [0.25, 0.3) is 0 Å². The summed E-state index contributed by atoms with van der Waals surface area (Å²) >= 11 is 0. The quantitative estimate of drug-likeness (QED) is 0.387. The largest absolute Gasteiger partial charge is 0.297 e. The minimum atomic E-state index is 0.656. The number of hydrogen-bond donors (Lipinski definition) is 0. The highest BCUT2D eigenvalue weighted by Gasteiger charge is 2.16. The molecule has 9 nitrogen and oxygen atoms in total.